The Kier molecular flexibility index (Phi) is 3.76. The molecule has 0 atom stereocenters. The number of ketones is 1. The monoisotopic (exact) mass is 211 g/mol. The first-order valence-electron chi connectivity index (χ1n) is 6.19. The van der Waals surface area contributed by atoms with E-state index in [1.54, 1.807) is 0 Å². The molecule has 0 aromatic rings. The molecule has 1 N–H and O–H groups in total. The van der Waals surface area contributed by atoms with Crippen LogP contribution in [0.2, 0.25) is 0 Å². The Balaban J connectivity index is 1.83. The van der Waals surface area contributed by atoms with Crippen LogP contribution in [0.3, 0.4) is 0 Å². The first-order valence-corrected chi connectivity index (χ1v) is 6.19. The van der Waals surface area contributed by atoms with Crippen molar-refractivity contribution in [1.82, 2.24) is 4.90 Å². The molecular weight excluding hydrogens is 190 g/mol. The molecule has 2 aliphatic rings. The van der Waals surface area contributed by atoms with Gasteiger partial charge in [0.15, 0.2) is 0 Å². The second-order valence-corrected chi connectivity index (χ2v) is 4.87. The van der Waals surface area contributed by atoms with Crippen LogP contribution in [-0.2, 0) is 4.79 Å². The van der Waals surface area contributed by atoms with Gasteiger partial charge in [-0.1, -0.05) is 12.8 Å². The maximum Gasteiger partial charge on any atom is 0.149 e. The zero-order chi connectivity index (χ0) is 10.7. The molecule has 2 fully saturated rings. The van der Waals surface area contributed by atoms with E-state index in [0.717, 1.165) is 12.8 Å². The van der Waals surface area contributed by atoms with Gasteiger partial charge in [0.25, 0.3) is 0 Å². The molecule has 3 heteroatoms. The summed E-state index contributed by atoms with van der Waals surface area (Å²) < 4.78 is 0. The first-order chi connectivity index (χ1) is 7.31. The Morgan fingerprint density at radius 1 is 1.20 bits per heavy atom. The number of carbonyl (C=O) groups excluding carboxylic acids is 1. The molecular formula is C12H21NO2. The van der Waals surface area contributed by atoms with Crippen molar-refractivity contribution in [3.8, 4) is 0 Å². The number of aliphatic hydroxyl groups is 1. The topological polar surface area (TPSA) is 40.5 Å². The third-order valence-electron chi connectivity index (χ3n) is 3.62. The average molecular weight is 211 g/mol. The summed E-state index contributed by atoms with van der Waals surface area (Å²) in [7, 11) is 0. The van der Waals surface area contributed by atoms with E-state index in [4.69, 9.17) is 5.11 Å². The van der Waals surface area contributed by atoms with Gasteiger partial charge in [-0.15, -0.1) is 0 Å². The lowest BCUT2D eigenvalue weighted by Gasteiger charge is -2.27. The highest BCUT2D eigenvalue weighted by molar-refractivity contribution is 5.85. The molecule has 86 valence electrons. The van der Waals surface area contributed by atoms with Gasteiger partial charge in [0.1, 0.15) is 5.78 Å². The van der Waals surface area contributed by atoms with Gasteiger partial charge in [-0.2, -0.15) is 0 Å². The quantitative estimate of drug-likeness (QED) is 0.717. The van der Waals surface area contributed by atoms with Crippen LogP contribution in [0.1, 0.15) is 38.5 Å². The van der Waals surface area contributed by atoms with Gasteiger partial charge in [0.05, 0.1) is 13.2 Å². The van der Waals surface area contributed by atoms with Gasteiger partial charge in [-0.05, 0) is 25.7 Å². The Morgan fingerprint density at radius 3 is 2.40 bits per heavy atom. The highest BCUT2D eigenvalue weighted by Gasteiger charge is 2.32. The number of hydrogen-bond donors (Lipinski definition) is 1. The minimum Gasteiger partial charge on any atom is -0.395 e. The summed E-state index contributed by atoms with van der Waals surface area (Å²) in [5.74, 6) is 0.753. The van der Waals surface area contributed by atoms with Gasteiger partial charge in [-0.25, -0.2) is 0 Å². The standard InChI is InChI=1S/C12H21NO2/c14-8-7-13(11-3-1-2-4-11)9-12(15)10-5-6-10/h10-11,14H,1-9H2. The van der Waals surface area contributed by atoms with E-state index in [2.05, 4.69) is 4.90 Å². The molecule has 2 aliphatic carbocycles. The van der Waals surface area contributed by atoms with Crippen LogP contribution < -0.4 is 0 Å². The molecule has 3 nitrogen and oxygen atoms in total. The lowest BCUT2D eigenvalue weighted by atomic mass is 10.1. The van der Waals surface area contributed by atoms with E-state index >= 15 is 0 Å². The van der Waals surface area contributed by atoms with Gasteiger partial charge < -0.3 is 5.11 Å². The molecule has 2 rings (SSSR count). The fraction of sp³-hybridized carbons (Fsp3) is 0.917. The van der Waals surface area contributed by atoms with Crippen LogP contribution in [-0.4, -0.2) is 41.5 Å². The summed E-state index contributed by atoms with van der Waals surface area (Å²) in [6, 6.07) is 0.555. The summed E-state index contributed by atoms with van der Waals surface area (Å²) in [5, 5.41) is 9.01. The van der Waals surface area contributed by atoms with Crippen molar-refractivity contribution in [1.29, 1.82) is 0 Å². The molecule has 2 saturated carbocycles. The highest BCUT2D eigenvalue weighted by Crippen LogP contribution is 2.31. The van der Waals surface area contributed by atoms with E-state index in [1.807, 2.05) is 0 Å². The predicted molar refractivity (Wildman–Crippen MR) is 58.6 cm³/mol. The van der Waals surface area contributed by atoms with Crippen LogP contribution in [0.4, 0.5) is 0 Å². The Labute approximate surface area is 91.5 Å². The fourth-order valence-corrected chi connectivity index (χ4v) is 2.52. The minimum atomic E-state index is 0.175. The number of carbonyl (C=O) groups is 1. The molecule has 0 aromatic heterocycles. The lowest BCUT2D eigenvalue weighted by molar-refractivity contribution is -0.122. The van der Waals surface area contributed by atoms with Gasteiger partial charge in [0.2, 0.25) is 0 Å². The second kappa shape index (κ2) is 5.08. The molecule has 0 amide bonds. The van der Waals surface area contributed by atoms with E-state index < -0.39 is 0 Å². The maximum atomic E-state index is 11.7. The molecule has 0 bridgehead atoms. The number of rotatable bonds is 6. The molecule has 0 aliphatic heterocycles. The Morgan fingerprint density at radius 2 is 1.87 bits per heavy atom. The largest absolute Gasteiger partial charge is 0.395 e. The molecule has 0 spiro atoms. The van der Waals surface area contributed by atoms with Crippen LogP contribution in [0.25, 0.3) is 0 Å². The number of aliphatic hydroxyl groups excluding tert-OH is 1. The Bertz CT molecular complexity index is 220. The SMILES string of the molecule is O=C(CN(CCO)C1CCCC1)C1CC1. The van der Waals surface area contributed by atoms with Crippen molar-refractivity contribution in [2.24, 2.45) is 5.92 Å². The normalized spacial score (nSPS) is 22.5. The fourth-order valence-electron chi connectivity index (χ4n) is 2.52. The third kappa shape index (κ3) is 3.02. The summed E-state index contributed by atoms with van der Waals surface area (Å²) in [6.45, 7) is 1.42. The van der Waals surface area contributed by atoms with E-state index in [-0.39, 0.29) is 6.61 Å². The maximum absolute atomic E-state index is 11.7. The average Bonchev–Trinajstić information content (AvgIpc) is 2.94. The van der Waals surface area contributed by atoms with Crippen LogP contribution in [0.15, 0.2) is 0 Å². The summed E-state index contributed by atoms with van der Waals surface area (Å²) in [6.07, 6.45) is 7.16. The molecule has 0 radical (unpaired) electrons. The van der Waals surface area contributed by atoms with E-state index in [9.17, 15) is 4.79 Å². The first kappa shape index (κ1) is 11.1. The zero-order valence-electron chi connectivity index (χ0n) is 9.32. The molecule has 0 heterocycles. The van der Waals surface area contributed by atoms with E-state index in [0.29, 0.717) is 30.8 Å². The third-order valence-corrected chi connectivity index (χ3v) is 3.62. The van der Waals surface area contributed by atoms with E-state index in [1.165, 1.54) is 25.7 Å². The van der Waals surface area contributed by atoms with Gasteiger partial charge in [0, 0.05) is 18.5 Å². The van der Waals surface area contributed by atoms with Crippen molar-refractivity contribution in [2.75, 3.05) is 19.7 Å². The number of Topliss-reactive ketones (excluding diaryl/α,β-unsaturated/α-hetero) is 1. The van der Waals surface area contributed by atoms with Crippen molar-refractivity contribution < 1.29 is 9.90 Å². The molecule has 0 saturated heterocycles. The van der Waals surface area contributed by atoms with Crippen LogP contribution in [0.5, 0.6) is 0 Å². The summed E-state index contributed by atoms with van der Waals surface area (Å²) in [4.78, 5) is 13.9. The Hall–Kier alpha value is -0.410. The van der Waals surface area contributed by atoms with Gasteiger partial charge in [-0.3, -0.25) is 9.69 Å². The van der Waals surface area contributed by atoms with Crippen molar-refractivity contribution in [3.63, 3.8) is 0 Å². The van der Waals surface area contributed by atoms with Crippen LogP contribution >= 0.6 is 0 Å². The molecule has 0 unspecified atom stereocenters. The number of nitrogens with zero attached hydrogens (tertiary/aromatic N) is 1. The molecule has 15 heavy (non-hydrogen) atoms. The smallest absolute Gasteiger partial charge is 0.149 e. The zero-order valence-corrected chi connectivity index (χ0v) is 9.32. The lowest BCUT2D eigenvalue weighted by Crippen LogP contribution is -2.39. The minimum absolute atomic E-state index is 0.175. The van der Waals surface area contributed by atoms with Crippen molar-refractivity contribution in [2.45, 2.75) is 44.6 Å². The summed E-state index contributed by atoms with van der Waals surface area (Å²) >= 11 is 0. The second-order valence-electron chi connectivity index (χ2n) is 4.87. The van der Waals surface area contributed by atoms with Gasteiger partial charge >= 0.3 is 0 Å². The number of hydrogen-bond acceptors (Lipinski definition) is 3. The van der Waals surface area contributed by atoms with Crippen LogP contribution in [0, 0.1) is 5.92 Å². The highest BCUT2D eigenvalue weighted by atomic mass is 16.3. The van der Waals surface area contributed by atoms with Crippen molar-refractivity contribution in [3.05, 3.63) is 0 Å². The van der Waals surface area contributed by atoms with Crippen molar-refractivity contribution >= 4 is 5.78 Å². The summed E-state index contributed by atoms with van der Waals surface area (Å²) in [5.41, 5.74) is 0. The predicted octanol–water partition coefficient (Wildman–Crippen LogP) is 1.20. The molecule has 0 aromatic carbocycles.